The molecule has 17 heavy (non-hydrogen) atoms. The average molecular weight is 231 g/mol. The fourth-order valence-corrected chi connectivity index (χ4v) is 1.92. The average Bonchev–Trinajstić information content (AvgIpc) is 3.02. The molecule has 1 aromatic heterocycles. The fraction of sp³-hybridized carbons (Fsp3) is 0.538. The number of rotatable bonds is 4. The summed E-state index contributed by atoms with van der Waals surface area (Å²) in [6.45, 7) is 3.00. The summed E-state index contributed by atoms with van der Waals surface area (Å²) in [5, 5.41) is 4.19. The molecule has 0 bridgehead atoms. The Morgan fingerprint density at radius 3 is 2.88 bits per heavy atom. The third-order valence-corrected chi connectivity index (χ3v) is 2.99. The van der Waals surface area contributed by atoms with Crippen molar-refractivity contribution in [2.75, 3.05) is 13.1 Å². The van der Waals surface area contributed by atoms with Crippen molar-refractivity contribution in [1.29, 1.82) is 0 Å². The molecule has 0 aromatic carbocycles. The van der Waals surface area contributed by atoms with Gasteiger partial charge < -0.3 is 4.90 Å². The minimum Gasteiger partial charge on any atom is -0.327 e. The lowest BCUT2D eigenvalue weighted by molar-refractivity contribution is 0.0769. The van der Waals surface area contributed by atoms with Crippen LogP contribution in [0.2, 0.25) is 0 Å². The van der Waals surface area contributed by atoms with Crippen LogP contribution in [0, 0.1) is 25.2 Å². The third kappa shape index (κ3) is 2.68. The summed E-state index contributed by atoms with van der Waals surface area (Å²) >= 11 is 0. The predicted molar refractivity (Wildman–Crippen MR) is 65.4 cm³/mol. The maximum atomic E-state index is 12.3. The maximum Gasteiger partial charge on any atom is 0.258 e. The summed E-state index contributed by atoms with van der Waals surface area (Å²) in [5.41, 5.74) is 1.42. The number of amides is 1. The van der Waals surface area contributed by atoms with E-state index in [9.17, 15) is 4.79 Å². The first-order chi connectivity index (χ1) is 8.11. The first-order valence-corrected chi connectivity index (χ1v) is 5.84. The molecule has 1 heterocycles. The van der Waals surface area contributed by atoms with Crippen LogP contribution in [-0.4, -0.2) is 33.7 Å². The zero-order chi connectivity index (χ0) is 12.4. The van der Waals surface area contributed by atoms with Crippen molar-refractivity contribution >= 4 is 5.91 Å². The molecule has 0 N–H and O–H groups in total. The van der Waals surface area contributed by atoms with Crippen LogP contribution in [0.4, 0.5) is 0 Å². The summed E-state index contributed by atoms with van der Waals surface area (Å²) in [5.74, 6) is 3.20. The third-order valence-electron chi connectivity index (χ3n) is 2.99. The molecule has 4 nitrogen and oxygen atoms in total. The molecule has 1 saturated carbocycles. The van der Waals surface area contributed by atoms with Crippen LogP contribution in [0.25, 0.3) is 0 Å². The molecule has 0 aliphatic heterocycles. The number of hydrogen-bond acceptors (Lipinski definition) is 2. The van der Waals surface area contributed by atoms with E-state index < -0.39 is 0 Å². The van der Waals surface area contributed by atoms with E-state index in [1.165, 1.54) is 12.8 Å². The van der Waals surface area contributed by atoms with Crippen LogP contribution >= 0.6 is 0 Å². The molecule has 90 valence electrons. The number of nitrogens with zero attached hydrogens (tertiary/aromatic N) is 3. The van der Waals surface area contributed by atoms with Crippen molar-refractivity contribution in [2.24, 2.45) is 13.0 Å². The highest BCUT2D eigenvalue weighted by molar-refractivity contribution is 5.95. The Labute approximate surface area is 102 Å². The van der Waals surface area contributed by atoms with Gasteiger partial charge in [0, 0.05) is 19.8 Å². The first-order valence-electron chi connectivity index (χ1n) is 5.84. The number of hydrogen-bond donors (Lipinski definition) is 0. The zero-order valence-corrected chi connectivity index (χ0v) is 10.3. The Morgan fingerprint density at radius 1 is 1.71 bits per heavy atom. The van der Waals surface area contributed by atoms with Crippen molar-refractivity contribution in [3.63, 3.8) is 0 Å². The van der Waals surface area contributed by atoms with Gasteiger partial charge in [0.15, 0.2) is 0 Å². The lowest BCUT2D eigenvalue weighted by Gasteiger charge is -2.19. The van der Waals surface area contributed by atoms with Crippen molar-refractivity contribution < 1.29 is 4.79 Å². The van der Waals surface area contributed by atoms with Gasteiger partial charge in [0.1, 0.15) is 0 Å². The molecular formula is C13H17N3O. The van der Waals surface area contributed by atoms with Crippen LogP contribution < -0.4 is 0 Å². The van der Waals surface area contributed by atoms with Crippen LogP contribution in [-0.2, 0) is 7.05 Å². The summed E-state index contributed by atoms with van der Waals surface area (Å²) in [7, 11) is 1.82. The second-order valence-corrected chi connectivity index (χ2v) is 4.64. The van der Waals surface area contributed by atoms with Gasteiger partial charge in [-0.2, -0.15) is 5.10 Å². The van der Waals surface area contributed by atoms with Gasteiger partial charge >= 0.3 is 0 Å². The van der Waals surface area contributed by atoms with Crippen molar-refractivity contribution in [2.45, 2.75) is 19.8 Å². The van der Waals surface area contributed by atoms with Gasteiger partial charge in [0.05, 0.1) is 17.8 Å². The minimum absolute atomic E-state index is 0.000417. The van der Waals surface area contributed by atoms with E-state index >= 15 is 0 Å². The number of terminal acetylenes is 1. The lowest BCUT2D eigenvalue weighted by atomic mass is 10.2. The molecule has 1 aromatic rings. The molecule has 4 heteroatoms. The Bertz CT molecular complexity index is 465. The molecule has 1 amide bonds. The van der Waals surface area contributed by atoms with E-state index in [0.29, 0.717) is 18.0 Å². The van der Waals surface area contributed by atoms with Gasteiger partial charge in [-0.15, -0.1) is 6.42 Å². The summed E-state index contributed by atoms with van der Waals surface area (Å²) < 4.78 is 1.66. The van der Waals surface area contributed by atoms with E-state index in [-0.39, 0.29) is 5.91 Å². The summed E-state index contributed by atoms with van der Waals surface area (Å²) in [6, 6.07) is 0. The number of aromatic nitrogens is 2. The highest BCUT2D eigenvalue weighted by Gasteiger charge is 2.28. The van der Waals surface area contributed by atoms with Crippen molar-refractivity contribution in [3.05, 3.63) is 17.5 Å². The number of carbonyl (C=O) groups is 1. The predicted octanol–water partition coefficient (Wildman–Crippen LogP) is 1.21. The highest BCUT2D eigenvalue weighted by atomic mass is 16.2. The van der Waals surface area contributed by atoms with Gasteiger partial charge in [0.2, 0.25) is 0 Å². The smallest absolute Gasteiger partial charge is 0.258 e. The minimum atomic E-state index is 0.000417. The second-order valence-electron chi connectivity index (χ2n) is 4.64. The zero-order valence-electron chi connectivity index (χ0n) is 10.3. The Morgan fingerprint density at radius 2 is 2.41 bits per heavy atom. The first kappa shape index (κ1) is 11.7. The highest BCUT2D eigenvalue weighted by Crippen LogP contribution is 2.30. The standard InChI is InChI=1S/C13H17N3O/c1-4-7-16(8-11-5-6-11)13(17)12-9-15(3)14-10(12)2/h1,9,11H,5-8H2,2-3H3. The molecular weight excluding hydrogens is 214 g/mol. The molecule has 0 saturated heterocycles. The quantitative estimate of drug-likeness (QED) is 0.731. The van der Waals surface area contributed by atoms with Crippen LogP contribution in [0.5, 0.6) is 0 Å². The maximum absolute atomic E-state index is 12.3. The molecule has 1 aliphatic rings. The van der Waals surface area contributed by atoms with Gasteiger partial charge in [-0.3, -0.25) is 9.48 Å². The van der Waals surface area contributed by atoms with Crippen LogP contribution in [0.1, 0.15) is 28.9 Å². The van der Waals surface area contributed by atoms with E-state index in [1.54, 1.807) is 15.8 Å². The molecule has 1 aliphatic carbocycles. The van der Waals surface area contributed by atoms with Gasteiger partial charge in [-0.1, -0.05) is 5.92 Å². The van der Waals surface area contributed by atoms with E-state index in [2.05, 4.69) is 11.0 Å². The SMILES string of the molecule is C#CCN(CC1CC1)C(=O)c1cn(C)nc1C. The molecule has 0 spiro atoms. The second kappa shape index (κ2) is 4.62. The topological polar surface area (TPSA) is 38.1 Å². The summed E-state index contributed by atoms with van der Waals surface area (Å²) in [6.07, 6.45) is 9.50. The van der Waals surface area contributed by atoms with Crippen LogP contribution in [0.15, 0.2) is 6.20 Å². The monoisotopic (exact) mass is 231 g/mol. The molecule has 0 unspecified atom stereocenters. The molecule has 2 rings (SSSR count). The molecule has 0 radical (unpaired) electrons. The lowest BCUT2D eigenvalue weighted by Crippen LogP contribution is -2.33. The largest absolute Gasteiger partial charge is 0.327 e. The number of aryl methyl sites for hydroxylation is 2. The van der Waals surface area contributed by atoms with E-state index in [1.807, 2.05) is 14.0 Å². The van der Waals surface area contributed by atoms with Crippen molar-refractivity contribution in [1.82, 2.24) is 14.7 Å². The Kier molecular flexibility index (Phi) is 3.19. The fourth-order valence-electron chi connectivity index (χ4n) is 1.92. The summed E-state index contributed by atoms with van der Waals surface area (Å²) in [4.78, 5) is 14.1. The van der Waals surface area contributed by atoms with Gasteiger partial charge in [-0.05, 0) is 25.7 Å². The molecule has 1 fully saturated rings. The molecule has 0 atom stereocenters. The normalized spacial score (nSPS) is 14.4. The van der Waals surface area contributed by atoms with Gasteiger partial charge in [0.25, 0.3) is 5.91 Å². The van der Waals surface area contributed by atoms with Gasteiger partial charge in [-0.25, -0.2) is 0 Å². The van der Waals surface area contributed by atoms with E-state index in [4.69, 9.17) is 6.42 Å². The Balaban J connectivity index is 2.14. The Hall–Kier alpha value is -1.76. The number of carbonyl (C=O) groups excluding carboxylic acids is 1. The van der Waals surface area contributed by atoms with Crippen molar-refractivity contribution in [3.8, 4) is 12.3 Å². The van der Waals surface area contributed by atoms with Crippen LogP contribution in [0.3, 0.4) is 0 Å². The van der Waals surface area contributed by atoms with E-state index in [0.717, 1.165) is 12.2 Å².